The summed E-state index contributed by atoms with van der Waals surface area (Å²) in [6, 6.07) is 0.626. The lowest BCUT2D eigenvalue weighted by molar-refractivity contribution is 0.0265. The summed E-state index contributed by atoms with van der Waals surface area (Å²) in [7, 11) is 2.18. The van der Waals surface area contributed by atoms with Gasteiger partial charge in [-0.15, -0.1) is 0 Å². The first-order chi connectivity index (χ1) is 8.00. The van der Waals surface area contributed by atoms with E-state index in [0.717, 1.165) is 45.4 Å². The van der Waals surface area contributed by atoms with Crippen LogP contribution < -0.4 is 5.73 Å². The van der Waals surface area contributed by atoms with Crippen molar-refractivity contribution in [2.24, 2.45) is 5.73 Å². The fourth-order valence-electron chi connectivity index (χ4n) is 2.54. The van der Waals surface area contributed by atoms with E-state index in [-0.39, 0.29) is 0 Å². The van der Waals surface area contributed by atoms with Crippen molar-refractivity contribution in [3.63, 3.8) is 0 Å². The van der Waals surface area contributed by atoms with E-state index in [4.69, 9.17) is 5.73 Å². The highest BCUT2D eigenvalue weighted by molar-refractivity contribution is 4.81. The molecule has 0 radical (unpaired) electrons. The fourth-order valence-corrected chi connectivity index (χ4v) is 2.54. The largest absolute Gasteiger partial charge is 0.389 e. The van der Waals surface area contributed by atoms with Crippen LogP contribution in [0.2, 0.25) is 0 Å². The van der Waals surface area contributed by atoms with Gasteiger partial charge in [-0.05, 0) is 39.8 Å². The Morgan fingerprint density at radius 2 is 2.12 bits per heavy atom. The van der Waals surface area contributed by atoms with Gasteiger partial charge in [0.2, 0.25) is 0 Å². The lowest BCUT2D eigenvalue weighted by Crippen LogP contribution is -2.50. The van der Waals surface area contributed by atoms with Crippen LogP contribution in [0.15, 0.2) is 0 Å². The molecular weight excluding hydrogens is 214 g/mol. The van der Waals surface area contributed by atoms with E-state index >= 15 is 0 Å². The third kappa shape index (κ3) is 4.54. The van der Waals surface area contributed by atoms with Crippen molar-refractivity contribution in [3.05, 3.63) is 0 Å². The number of aliphatic hydroxyl groups is 1. The van der Waals surface area contributed by atoms with E-state index in [0.29, 0.717) is 12.6 Å². The minimum absolute atomic E-state index is 0.377. The summed E-state index contributed by atoms with van der Waals surface area (Å²) < 4.78 is 0. The molecule has 1 rings (SSSR count). The SMILES string of the molecule is CCC(O)(CN)CCCN1CCN(C)CC1C. The van der Waals surface area contributed by atoms with Crippen molar-refractivity contribution >= 4 is 0 Å². The molecule has 0 aromatic rings. The molecule has 0 bridgehead atoms. The van der Waals surface area contributed by atoms with Gasteiger partial charge in [-0.25, -0.2) is 0 Å². The summed E-state index contributed by atoms with van der Waals surface area (Å²) in [4.78, 5) is 4.90. The van der Waals surface area contributed by atoms with Crippen molar-refractivity contribution < 1.29 is 5.11 Å². The first kappa shape index (κ1) is 14.9. The normalized spacial score (nSPS) is 27.0. The van der Waals surface area contributed by atoms with Crippen LogP contribution in [0.5, 0.6) is 0 Å². The maximum Gasteiger partial charge on any atom is 0.0767 e. The first-order valence-corrected chi connectivity index (χ1v) is 6.86. The van der Waals surface area contributed by atoms with Gasteiger partial charge in [-0.3, -0.25) is 4.90 Å². The maximum absolute atomic E-state index is 10.1. The standard InChI is InChI=1S/C13H29N3O/c1-4-13(17,11-14)6-5-7-16-9-8-15(3)10-12(16)2/h12,17H,4-11,14H2,1-3H3. The van der Waals surface area contributed by atoms with Crippen molar-refractivity contribution in [1.82, 2.24) is 9.80 Å². The molecule has 0 aromatic carbocycles. The van der Waals surface area contributed by atoms with E-state index in [1.165, 1.54) is 0 Å². The number of hydrogen-bond acceptors (Lipinski definition) is 4. The van der Waals surface area contributed by atoms with Crippen molar-refractivity contribution in [2.75, 3.05) is 39.8 Å². The summed E-state index contributed by atoms with van der Waals surface area (Å²) in [5.74, 6) is 0. The summed E-state index contributed by atoms with van der Waals surface area (Å²) in [6.07, 6.45) is 2.61. The average Bonchev–Trinajstić information content (AvgIpc) is 2.32. The molecule has 0 spiro atoms. The molecule has 4 nitrogen and oxygen atoms in total. The number of likely N-dealkylation sites (N-methyl/N-ethyl adjacent to an activating group) is 1. The van der Waals surface area contributed by atoms with Crippen molar-refractivity contribution in [1.29, 1.82) is 0 Å². The van der Waals surface area contributed by atoms with Crippen LogP contribution in [0.3, 0.4) is 0 Å². The highest BCUT2D eigenvalue weighted by atomic mass is 16.3. The van der Waals surface area contributed by atoms with E-state index in [9.17, 15) is 5.11 Å². The van der Waals surface area contributed by atoms with Gasteiger partial charge in [-0.2, -0.15) is 0 Å². The lowest BCUT2D eigenvalue weighted by atomic mass is 9.94. The predicted molar refractivity (Wildman–Crippen MR) is 72.1 cm³/mol. The molecule has 1 aliphatic heterocycles. The van der Waals surface area contributed by atoms with Crippen LogP contribution in [-0.2, 0) is 0 Å². The Labute approximate surface area is 106 Å². The highest BCUT2D eigenvalue weighted by Gasteiger charge is 2.24. The number of piperazine rings is 1. The van der Waals surface area contributed by atoms with E-state index in [2.05, 4.69) is 23.8 Å². The summed E-state index contributed by atoms with van der Waals surface area (Å²) in [5.41, 5.74) is 4.97. The topological polar surface area (TPSA) is 52.7 Å². The zero-order chi connectivity index (χ0) is 12.9. The van der Waals surface area contributed by atoms with Crippen LogP contribution in [-0.4, -0.2) is 66.3 Å². The molecule has 17 heavy (non-hydrogen) atoms. The smallest absolute Gasteiger partial charge is 0.0767 e. The molecule has 102 valence electrons. The van der Waals surface area contributed by atoms with Crippen LogP contribution in [0.25, 0.3) is 0 Å². The molecule has 1 heterocycles. The molecule has 1 fully saturated rings. The lowest BCUT2D eigenvalue weighted by Gasteiger charge is -2.38. The second kappa shape index (κ2) is 6.69. The predicted octanol–water partition coefficient (Wildman–Crippen LogP) is 0.502. The summed E-state index contributed by atoms with van der Waals surface area (Å²) in [6.45, 7) is 9.19. The van der Waals surface area contributed by atoms with E-state index in [1.54, 1.807) is 0 Å². The third-order valence-corrected chi connectivity index (χ3v) is 4.09. The highest BCUT2D eigenvalue weighted by Crippen LogP contribution is 2.17. The molecule has 3 N–H and O–H groups in total. The van der Waals surface area contributed by atoms with E-state index in [1.807, 2.05) is 6.92 Å². The van der Waals surface area contributed by atoms with Crippen molar-refractivity contribution in [3.8, 4) is 0 Å². The maximum atomic E-state index is 10.1. The van der Waals surface area contributed by atoms with Crippen LogP contribution in [0.1, 0.15) is 33.1 Å². The number of nitrogens with zero attached hydrogens (tertiary/aromatic N) is 2. The number of hydrogen-bond donors (Lipinski definition) is 2. The quantitative estimate of drug-likeness (QED) is 0.713. The molecule has 4 heteroatoms. The summed E-state index contributed by atoms with van der Waals surface area (Å²) in [5, 5.41) is 10.1. The zero-order valence-corrected chi connectivity index (χ0v) is 11.7. The Morgan fingerprint density at radius 3 is 2.65 bits per heavy atom. The Hall–Kier alpha value is -0.160. The van der Waals surface area contributed by atoms with Gasteiger partial charge in [0.1, 0.15) is 0 Å². The fraction of sp³-hybridized carbons (Fsp3) is 1.00. The van der Waals surface area contributed by atoms with Gasteiger partial charge in [0.05, 0.1) is 5.60 Å². The molecule has 0 saturated carbocycles. The molecule has 0 amide bonds. The Kier molecular flexibility index (Phi) is 5.86. The van der Waals surface area contributed by atoms with Gasteiger partial charge in [0, 0.05) is 32.2 Å². The Morgan fingerprint density at radius 1 is 1.41 bits per heavy atom. The minimum Gasteiger partial charge on any atom is -0.389 e. The van der Waals surface area contributed by atoms with Crippen molar-refractivity contribution in [2.45, 2.75) is 44.8 Å². The Bertz CT molecular complexity index is 219. The van der Waals surface area contributed by atoms with Crippen LogP contribution in [0.4, 0.5) is 0 Å². The minimum atomic E-state index is -0.643. The second-order valence-corrected chi connectivity index (χ2v) is 5.53. The molecule has 0 aliphatic carbocycles. The molecule has 1 saturated heterocycles. The van der Waals surface area contributed by atoms with Gasteiger partial charge >= 0.3 is 0 Å². The van der Waals surface area contributed by atoms with Gasteiger partial charge in [0.15, 0.2) is 0 Å². The monoisotopic (exact) mass is 243 g/mol. The molecule has 1 aliphatic rings. The van der Waals surface area contributed by atoms with Crippen LogP contribution in [0, 0.1) is 0 Å². The number of rotatable bonds is 6. The van der Waals surface area contributed by atoms with Gasteiger partial charge in [-0.1, -0.05) is 6.92 Å². The Balaban J connectivity index is 2.26. The summed E-state index contributed by atoms with van der Waals surface area (Å²) >= 11 is 0. The number of nitrogens with two attached hydrogens (primary N) is 1. The molecular formula is C13H29N3O. The molecule has 2 atom stereocenters. The van der Waals surface area contributed by atoms with Gasteiger partial charge in [0.25, 0.3) is 0 Å². The van der Waals surface area contributed by atoms with Gasteiger partial charge < -0.3 is 15.7 Å². The first-order valence-electron chi connectivity index (χ1n) is 6.86. The molecule has 2 unspecified atom stereocenters. The molecule has 0 aromatic heterocycles. The van der Waals surface area contributed by atoms with Crippen LogP contribution >= 0.6 is 0 Å². The average molecular weight is 243 g/mol. The third-order valence-electron chi connectivity index (χ3n) is 4.09. The zero-order valence-electron chi connectivity index (χ0n) is 11.7. The second-order valence-electron chi connectivity index (χ2n) is 5.53. The van der Waals surface area contributed by atoms with E-state index < -0.39 is 5.60 Å².